The fraction of sp³-hybridized carbons (Fsp3) is 0.588. The molecule has 26 heavy (non-hydrogen) atoms. The van der Waals surface area contributed by atoms with E-state index in [0.717, 1.165) is 0 Å². The molecule has 1 atom stereocenters. The van der Waals surface area contributed by atoms with Gasteiger partial charge in [-0.1, -0.05) is 0 Å². The molecule has 0 aliphatic heterocycles. The number of hydrogen-bond donors (Lipinski definition) is 2. The van der Waals surface area contributed by atoms with E-state index >= 15 is 0 Å². The van der Waals surface area contributed by atoms with Crippen LogP contribution in [0.4, 0.5) is 4.39 Å². The molecule has 0 amide bonds. The molecule has 0 saturated carbocycles. The van der Waals surface area contributed by atoms with Crippen molar-refractivity contribution in [2.45, 2.75) is 20.0 Å². The van der Waals surface area contributed by atoms with Crippen LogP contribution in [-0.2, 0) is 14.6 Å². The third-order valence-corrected chi connectivity index (χ3v) is 4.05. The molecule has 0 bridgehead atoms. The first-order valence-electron chi connectivity index (χ1n) is 8.50. The number of ether oxygens (including phenoxy) is 2. The number of nitrogens with zero attached hydrogens (tertiary/aromatic N) is 1. The number of rotatable bonds is 11. The standard InChI is InChI=1S/C17H28FN3O4S/c1-4-19-17(20-9-10-24-11-12-26(3,22)23)21-13-14(2)25-16-7-5-15(18)6-8-16/h5-8,14H,4,9-13H2,1-3H3,(H2,19,20,21). The highest BCUT2D eigenvalue weighted by molar-refractivity contribution is 7.90. The molecule has 1 rings (SSSR count). The predicted molar refractivity (Wildman–Crippen MR) is 101 cm³/mol. The van der Waals surface area contributed by atoms with Crippen LogP contribution < -0.4 is 15.4 Å². The fourth-order valence-electron chi connectivity index (χ4n) is 1.90. The first kappa shape index (κ1) is 22.2. The van der Waals surface area contributed by atoms with Crippen molar-refractivity contribution in [1.29, 1.82) is 0 Å². The summed E-state index contributed by atoms with van der Waals surface area (Å²) in [6.45, 7) is 6.01. The number of benzene rings is 1. The quantitative estimate of drug-likeness (QED) is 0.336. The Kier molecular flexibility index (Phi) is 9.97. The van der Waals surface area contributed by atoms with Gasteiger partial charge in [-0.2, -0.15) is 0 Å². The van der Waals surface area contributed by atoms with Crippen molar-refractivity contribution in [3.8, 4) is 5.75 Å². The van der Waals surface area contributed by atoms with Crippen molar-refractivity contribution in [1.82, 2.24) is 10.6 Å². The van der Waals surface area contributed by atoms with E-state index in [1.54, 1.807) is 12.1 Å². The largest absolute Gasteiger partial charge is 0.489 e. The van der Waals surface area contributed by atoms with Crippen molar-refractivity contribution in [3.63, 3.8) is 0 Å². The summed E-state index contributed by atoms with van der Waals surface area (Å²) in [6.07, 6.45) is 1.00. The molecule has 0 heterocycles. The monoisotopic (exact) mass is 389 g/mol. The summed E-state index contributed by atoms with van der Waals surface area (Å²) in [5.74, 6) is 0.917. The van der Waals surface area contributed by atoms with E-state index in [-0.39, 0.29) is 24.3 Å². The van der Waals surface area contributed by atoms with E-state index in [9.17, 15) is 12.8 Å². The number of guanidine groups is 1. The average Bonchev–Trinajstić information content (AvgIpc) is 2.56. The average molecular weight is 389 g/mol. The minimum atomic E-state index is -3.00. The van der Waals surface area contributed by atoms with Gasteiger partial charge < -0.3 is 20.1 Å². The predicted octanol–water partition coefficient (Wildman–Crippen LogP) is 1.21. The Morgan fingerprint density at radius 3 is 2.54 bits per heavy atom. The summed E-state index contributed by atoms with van der Waals surface area (Å²) in [6, 6.07) is 5.85. The Morgan fingerprint density at radius 2 is 1.92 bits per heavy atom. The zero-order chi connectivity index (χ0) is 19.4. The lowest BCUT2D eigenvalue weighted by Crippen LogP contribution is -2.39. The van der Waals surface area contributed by atoms with Gasteiger partial charge in [0.05, 0.1) is 25.5 Å². The number of halogens is 1. The molecular weight excluding hydrogens is 361 g/mol. The van der Waals surface area contributed by atoms with E-state index in [4.69, 9.17) is 9.47 Å². The molecule has 0 aliphatic rings. The van der Waals surface area contributed by atoms with Crippen LogP contribution in [0, 0.1) is 5.82 Å². The summed E-state index contributed by atoms with van der Waals surface area (Å²) in [5, 5.41) is 6.21. The Morgan fingerprint density at radius 1 is 1.23 bits per heavy atom. The minimum Gasteiger partial charge on any atom is -0.489 e. The van der Waals surface area contributed by atoms with Crippen LogP contribution in [0.1, 0.15) is 13.8 Å². The maximum absolute atomic E-state index is 12.9. The molecule has 0 saturated heterocycles. The lowest BCUT2D eigenvalue weighted by atomic mass is 10.3. The van der Waals surface area contributed by atoms with Crippen LogP contribution in [0.15, 0.2) is 29.3 Å². The Balaban J connectivity index is 2.33. The fourth-order valence-corrected chi connectivity index (χ4v) is 2.32. The topological polar surface area (TPSA) is 89.0 Å². The van der Waals surface area contributed by atoms with Crippen molar-refractivity contribution in [2.24, 2.45) is 4.99 Å². The van der Waals surface area contributed by atoms with Gasteiger partial charge in [0.25, 0.3) is 0 Å². The summed E-state index contributed by atoms with van der Waals surface area (Å²) in [7, 11) is -3.00. The van der Waals surface area contributed by atoms with Crippen LogP contribution >= 0.6 is 0 Å². The molecule has 2 N–H and O–H groups in total. The van der Waals surface area contributed by atoms with Crippen LogP contribution in [0.3, 0.4) is 0 Å². The molecule has 0 radical (unpaired) electrons. The van der Waals surface area contributed by atoms with E-state index in [2.05, 4.69) is 15.6 Å². The molecule has 0 aromatic heterocycles. The van der Waals surface area contributed by atoms with Gasteiger partial charge in [0.15, 0.2) is 5.96 Å². The highest BCUT2D eigenvalue weighted by Gasteiger charge is 2.05. The lowest BCUT2D eigenvalue weighted by molar-refractivity contribution is 0.154. The van der Waals surface area contributed by atoms with Gasteiger partial charge in [0.1, 0.15) is 27.5 Å². The SMILES string of the molecule is CCNC(=NCC(C)Oc1ccc(F)cc1)NCCOCCS(C)(=O)=O. The second kappa shape index (κ2) is 11.7. The summed E-state index contributed by atoms with van der Waals surface area (Å²) in [5.41, 5.74) is 0. The molecule has 1 aromatic carbocycles. The Labute approximate surface area is 154 Å². The van der Waals surface area contributed by atoms with Gasteiger partial charge in [-0.3, -0.25) is 0 Å². The van der Waals surface area contributed by atoms with Gasteiger partial charge >= 0.3 is 0 Å². The lowest BCUT2D eigenvalue weighted by Gasteiger charge is -2.15. The highest BCUT2D eigenvalue weighted by atomic mass is 32.2. The number of aliphatic imine (C=N–C) groups is 1. The molecule has 9 heteroatoms. The Bertz CT molecular complexity index is 650. The minimum absolute atomic E-state index is 0.0133. The number of hydrogen-bond acceptors (Lipinski definition) is 5. The van der Waals surface area contributed by atoms with Crippen LogP contribution in [0.5, 0.6) is 5.75 Å². The molecule has 0 fully saturated rings. The van der Waals surface area contributed by atoms with Crippen molar-refractivity contribution >= 4 is 15.8 Å². The zero-order valence-electron chi connectivity index (χ0n) is 15.5. The van der Waals surface area contributed by atoms with Crippen molar-refractivity contribution < 1.29 is 22.3 Å². The van der Waals surface area contributed by atoms with Gasteiger partial charge in [-0.25, -0.2) is 17.8 Å². The van der Waals surface area contributed by atoms with Gasteiger partial charge in [-0.05, 0) is 38.1 Å². The van der Waals surface area contributed by atoms with Crippen molar-refractivity contribution in [2.75, 3.05) is 44.9 Å². The van der Waals surface area contributed by atoms with Gasteiger partial charge in [0.2, 0.25) is 0 Å². The molecule has 1 aromatic rings. The smallest absolute Gasteiger partial charge is 0.191 e. The highest BCUT2D eigenvalue weighted by Crippen LogP contribution is 2.12. The third-order valence-electron chi connectivity index (χ3n) is 3.14. The van der Waals surface area contributed by atoms with Gasteiger partial charge in [-0.15, -0.1) is 0 Å². The molecule has 0 spiro atoms. The molecular formula is C17H28FN3O4S. The summed E-state index contributed by atoms with van der Waals surface area (Å²) in [4.78, 5) is 4.43. The number of nitrogens with one attached hydrogen (secondary N) is 2. The normalized spacial score (nSPS) is 13.3. The maximum atomic E-state index is 12.9. The van der Waals surface area contributed by atoms with Crippen LogP contribution in [0.2, 0.25) is 0 Å². The second-order valence-corrected chi connectivity index (χ2v) is 8.03. The number of sulfone groups is 1. The maximum Gasteiger partial charge on any atom is 0.191 e. The summed E-state index contributed by atoms with van der Waals surface area (Å²) >= 11 is 0. The van der Waals surface area contributed by atoms with Crippen molar-refractivity contribution in [3.05, 3.63) is 30.1 Å². The van der Waals surface area contributed by atoms with Crippen LogP contribution in [0.25, 0.3) is 0 Å². The molecule has 148 valence electrons. The Hall–Kier alpha value is -1.87. The first-order valence-corrected chi connectivity index (χ1v) is 10.6. The molecule has 0 aliphatic carbocycles. The van der Waals surface area contributed by atoms with Gasteiger partial charge in [0, 0.05) is 19.3 Å². The van der Waals surface area contributed by atoms with E-state index in [1.165, 1.54) is 18.4 Å². The van der Waals surface area contributed by atoms with E-state index in [0.29, 0.717) is 38.0 Å². The van der Waals surface area contributed by atoms with Crippen LogP contribution in [-0.4, -0.2) is 65.3 Å². The molecule has 7 nitrogen and oxygen atoms in total. The zero-order valence-corrected chi connectivity index (χ0v) is 16.3. The van der Waals surface area contributed by atoms with E-state index in [1.807, 2.05) is 13.8 Å². The second-order valence-electron chi connectivity index (χ2n) is 5.77. The third kappa shape index (κ3) is 10.9. The first-order chi connectivity index (χ1) is 12.3. The molecule has 1 unspecified atom stereocenters. The van der Waals surface area contributed by atoms with E-state index < -0.39 is 9.84 Å². The summed E-state index contributed by atoms with van der Waals surface area (Å²) < 4.78 is 45.8.